The second-order valence-electron chi connectivity index (χ2n) is 11.2. The number of ether oxygens (including phenoxy) is 4. The number of carbonyl (C=O) groups is 2. The zero-order valence-electron chi connectivity index (χ0n) is 22.4. The molecule has 1 aliphatic heterocycles. The van der Waals surface area contributed by atoms with E-state index in [9.17, 15) is 9.59 Å². The normalized spacial score (nSPS) is 15.4. The largest absolute Gasteiger partial charge is 0.494 e. The van der Waals surface area contributed by atoms with E-state index in [1.54, 1.807) is 24.1 Å². The van der Waals surface area contributed by atoms with Gasteiger partial charge in [0.05, 0.1) is 12.6 Å². The number of nitrogens with zero attached hydrogens (tertiary/aromatic N) is 3. The van der Waals surface area contributed by atoms with Gasteiger partial charge in [-0.1, -0.05) is 13.8 Å². The van der Waals surface area contributed by atoms with E-state index in [2.05, 4.69) is 0 Å². The number of piperidine rings is 1. The zero-order valence-corrected chi connectivity index (χ0v) is 22.4. The van der Waals surface area contributed by atoms with Crippen molar-refractivity contribution in [3.05, 3.63) is 18.0 Å². The first-order valence-electron chi connectivity index (χ1n) is 12.2. The summed E-state index contributed by atoms with van der Waals surface area (Å²) in [6.45, 7) is 16.1. The van der Waals surface area contributed by atoms with Crippen molar-refractivity contribution in [3.63, 3.8) is 0 Å². The van der Waals surface area contributed by atoms with Crippen LogP contribution in [0.4, 0.5) is 9.59 Å². The van der Waals surface area contributed by atoms with Crippen LogP contribution in [0, 0.1) is 0 Å². The highest BCUT2D eigenvalue weighted by Crippen LogP contribution is 2.35. The molecule has 9 nitrogen and oxygen atoms in total. The Balaban J connectivity index is 1.86. The van der Waals surface area contributed by atoms with Crippen molar-refractivity contribution in [2.75, 3.05) is 20.2 Å². The summed E-state index contributed by atoms with van der Waals surface area (Å²) in [6.07, 6.45) is 0.457. The molecule has 1 aliphatic rings. The van der Waals surface area contributed by atoms with E-state index in [4.69, 9.17) is 23.9 Å². The Morgan fingerprint density at radius 3 is 2.06 bits per heavy atom. The van der Waals surface area contributed by atoms with Gasteiger partial charge in [-0.2, -0.15) is 0 Å². The molecular formula is C26H39N3O6. The van der Waals surface area contributed by atoms with E-state index >= 15 is 0 Å². The van der Waals surface area contributed by atoms with E-state index in [1.807, 2.05) is 55.4 Å². The molecule has 1 fully saturated rings. The highest BCUT2D eigenvalue weighted by atomic mass is 16.6. The lowest BCUT2D eigenvalue weighted by atomic mass is 10.1. The van der Waals surface area contributed by atoms with Crippen molar-refractivity contribution >= 4 is 23.2 Å². The smallest absolute Gasteiger partial charge is 0.420 e. The van der Waals surface area contributed by atoms with Gasteiger partial charge in [0.15, 0.2) is 0 Å². The average Bonchev–Trinajstić information content (AvgIpc) is 3.11. The fourth-order valence-electron chi connectivity index (χ4n) is 3.92. The lowest BCUT2D eigenvalue weighted by Crippen LogP contribution is -2.44. The van der Waals surface area contributed by atoms with E-state index in [0.29, 0.717) is 54.3 Å². The number of carbonyl (C=O) groups excluding carboxylic acids is 2. The van der Waals surface area contributed by atoms with Crippen LogP contribution in [0.3, 0.4) is 0 Å². The van der Waals surface area contributed by atoms with Crippen molar-refractivity contribution in [1.29, 1.82) is 0 Å². The number of likely N-dealkylation sites (tertiary alicyclic amines) is 1. The number of hydrogen-bond acceptors (Lipinski definition) is 7. The van der Waals surface area contributed by atoms with E-state index in [-0.39, 0.29) is 18.1 Å². The average molecular weight is 490 g/mol. The molecule has 2 heterocycles. The molecule has 1 aromatic heterocycles. The zero-order chi connectivity index (χ0) is 26.1. The van der Waals surface area contributed by atoms with Crippen LogP contribution in [0.15, 0.2) is 12.1 Å². The molecule has 35 heavy (non-hydrogen) atoms. The number of methoxy groups -OCH3 is 1. The minimum absolute atomic E-state index is 0.0128. The van der Waals surface area contributed by atoms with Gasteiger partial charge in [-0.05, 0) is 41.5 Å². The molecule has 0 N–H and O–H groups in total. The van der Waals surface area contributed by atoms with Crippen LogP contribution in [0.2, 0.25) is 0 Å². The summed E-state index contributed by atoms with van der Waals surface area (Å²) in [4.78, 5) is 31.9. The van der Waals surface area contributed by atoms with Crippen molar-refractivity contribution in [3.8, 4) is 11.5 Å². The molecule has 0 saturated carbocycles. The van der Waals surface area contributed by atoms with Crippen LogP contribution in [0.5, 0.6) is 11.5 Å². The summed E-state index contributed by atoms with van der Waals surface area (Å²) in [7, 11) is 1.57. The molecule has 1 amide bonds. The third-order valence-corrected chi connectivity index (χ3v) is 5.43. The molecule has 0 radical (unpaired) electrons. The number of aromatic nitrogens is 2. The van der Waals surface area contributed by atoms with Gasteiger partial charge in [0, 0.05) is 44.0 Å². The van der Waals surface area contributed by atoms with Crippen LogP contribution in [0.1, 0.15) is 80.0 Å². The first kappa shape index (κ1) is 26.6. The Morgan fingerprint density at radius 1 is 0.971 bits per heavy atom. The third-order valence-electron chi connectivity index (χ3n) is 5.43. The highest BCUT2D eigenvalue weighted by Gasteiger charge is 2.29. The summed E-state index contributed by atoms with van der Waals surface area (Å²) in [5.41, 5.74) is -0.0254. The second kappa shape index (κ2) is 9.95. The second-order valence-corrected chi connectivity index (χ2v) is 11.2. The molecule has 9 heteroatoms. The van der Waals surface area contributed by atoms with Crippen molar-refractivity contribution in [1.82, 2.24) is 14.5 Å². The van der Waals surface area contributed by atoms with Crippen LogP contribution >= 0.6 is 0 Å². The SMILES string of the molecule is COc1cc(OC2CCN(C(=O)OC(C)(C)C)CC2)cc2c1nc(C(C)C)n2C(=O)OC(C)(C)C. The van der Waals surface area contributed by atoms with E-state index in [1.165, 1.54) is 4.57 Å². The van der Waals surface area contributed by atoms with Crippen molar-refractivity contribution in [2.24, 2.45) is 0 Å². The van der Waals surface area contributed by atoms with Crippen molar-refractivity contribution in [2.45, 2.75) is 91.5 Å². The first-order valence-corrected chi connectivity index (χ1v) is 12.2. The Morgan fingerprint density at radius 2 is 1.54 bits per heavy atom. The summed E-state index contributed by atoms with van der Waals surface area (Å²) < 4.78 is 24.5. The Labute approximate surface area is 207 Å². The van der Waals surface area contributed by atoms with E-state index in [0.717, 1.165) is 0 Å². The monoisotopic (exact) mass is 489 g/mol. The number of amides is 1. The molecule has 1 saturated heterocycles. The Bertz CT molecular complexity index is 1070. The number of rotatable bonds is 4. The maximum Gasteiger partial charge on any atom is 0.420 e. The van der Waals surface area contributed by atoms with Gasteiger partial charge in [-0.25, -0.2) is 19.1 Å². The van der Waals surface area contributed by atoms with Crippen LogP contribution < -0.4 is 9.47 Å². The fraction of sp³-hybridized carbons (Fsp3) is 0.654. The Kier molecular flexibility index (Phi) is 7.57. The van der Waals surface area contributed by atoms with Gasteiger partial charge >= 0.3 is 12.2 Å². The molecule has 0 spiro atoms. The first-order chi connectivity index (χ1) is 16.2. The molecule has 194 valence electrons. The number of imidazole rings is 1. The Hall–Kier alpha value is -2.97. The van der Waals surface area contributed by atoms with Gasteiger partial charge in [0.2, 0.25) is 0 Å². The standard InChI is InChI=1S/C26H39N3O6/c1-16(2)22-27-21-19(29(22)24(31)35-26(6,7)8)14-18(15-20(21)32-9)33-17-10-12-28(13-11-17)23(30)34-25(3,4)5/h14-17H,10-13H2,1-9H3. The highest BCUT2D eigenvalue weighted by molar-refractivity contribution is 5.92. The lowest BCUT2D eigenvalue weighted by Gasteiger charge is -2.33. The van der Waals surface area contributed by atoms with Gasteiger partial charge in [-0.15, -0.1) is 0 Å². The van der Waals surface area contributed by atoms with Gasteiger partial charge in [0.25, 0.3) is 0 Å². The summed E-state index contributed by atoms with van der Waals surface area (Å²) in [5.74, 6) is 1.68. The quantitative estimate of drug-likeness (QED) is 0.541. The van der Waals surface area contributed by atoms with Crippen molar-refractivity contribution < 1.29 is 28.5 Å². The van der Waals surface area contributed by atoms with Crippen LogP contribution in [-0.2, 0) is 9.47 Å². The van der Waals surface area contributed by atoms with Gasteiger partial charge in [0.1, 0.15) is 40.1 Å². The number of hydrogen-bond donors (Lipinski definition) is 0. The van der Waals surface area contributed by atoms with Gasteiger partial charge in [-0.3, -0.25) is 0 Å². The fourth-order valence-corrected chi connectivity index (χ4v) is 3.92. The topological polar surface area (TPSA) is 92.1 Å². The molecule has 0 atom stereocenters. The molecule has 3 rings (SSSR count). The van der Waals surface area contributed by atoms with Crippen LogP contribution in [-0.4, -0.2) is 64.1 Å². The molecule has 1 aromatic carbocycles. The molecule has 0 aliphatic carbocycles. The van der Waals surface area contributed by atoms with Crippen LogP contribution in [0.25, 0.3) is 11.0 Å². The van der Waals surface area contributed by atoms with Gasteiger partial charge < -0.3 is 23.8 Å². The maximum atomic E-state index is 13.1. The summed E-state index contributed by atoms with van der Waals surface area (Å²) in [6, 6.07) is 3.60. The maximum absolute atomic E-state index is 13.1. The molecule has 2 aromatic rings. The lowest BCUT2D eigenvalue weighted by molar-refractivity contribution is 0.0126. The molecule has 0 bridgehead atoms. The number of fused-ring (bicyclic) bond motifs is 1. The minimum atomic E-state index is -0.651. The summed E-state index contributed by atoms with van der Waals surface area (Å²) in [5, 5.41) is 0. The predicted octanol–water partition coefficient (Wildman–Crippen LogP) is 5.73. The molecular weight excluding hydrogens is 450 g/mol. The summed E-state index contributed by atoms with van der Waals surface area (Å²) >= 11 is 0. The van der Waals surface area contributed by atoms with E-state index < -0.39 is 17.3 Å². The minimum Gasteiger partial charge on any atom is -0.494 e. The third kappa shape index (κ3) is 6.58. The molecule has 0 unspecified atom stereocenters. The predicted molar refractivity (Wildman–Crippen MR) is 133 cm³/mol. The number of benzene rings is 1.